The summed E-state index contributed by atoms with van der Waals surface area (Å²) in [5, 5.41) is 19.7. The van der Waals surface area contributed by atoms with Gasteiger partial charge in [-0.25, -0.2) is 0 Å². The summed E-state index contributed by atoms with van der Waals surface area (Å²) in [7, 11) is 0. The molecule has 0 aliphatic carbocycles. The second kappa shape index (κ2) is 7.57. The molecule has 1 atom stereocenters. The van der Waals surface area contributed by atoms with E-state index in [0.717, 1.165) is 22.6 Å². The van der Waals surface area contributed by atoms with E-state index in [4.69, 9.17) is 9.47 Å². The summed E-state index contributed by atoms with van der Waals surface area (Å²) in [5.41, 5.74) is 2.82. The molecular weight excluding hydrogens is 322 g/mol. The van der Waals surface area contributed by atoms with Crippen LogP contribution < -0.4 is 14.8 Å². The molecule has 0 radical (unpaired) electrons. The lowest BCUT2D eigenvalue weighted by molar-refractivity contribution is -0.142. The van der Waals surface area contributed by atoms with Crippen LogP contribution in [0.25, 0.3) is 11.3 Å². The molecule has 25 heavy (non-hydrogen) atoms. The van der Waals surface area contributed by atoms with Crippen LogP contribution in [0.3, 0.4) is 0 Å². The second-order valence-corrected chi connectivity index (χ2v) is 6.63. The Morgan fingerprint density at radius 2 is 2.16 bits per heavy atom. The lowest BCUT2D eigenvalue weighted by Gasteiger charge is -2.15. The van der Waals surface area contributed by atoms with Crippen molar-refractivity contribution in [2.75, 3.05) is 13.3 Å². The molecule has 7 nitrogen and oxygen atoms in total. The van der Waals surface area contributed by atoms with Gasteiger partial charge in [-0.05, 0) is 30.5 Å². The zero-order valence-corrected chi connectivity index (χ0v) is 14.4. The molecule has 0 amide bonds. The average molecular weight is 345 g/mol. The third-order valence-corrected chi connectivity index (χ3v) is 4.19. The number of hydrogen-bond donors (Lipinski definition) is 3. The maximum Gasteiger partial charge on any atom is 0.307 e. The highest BCUT2D eigenvalue weighted by Crippen LogP contribution is 2.36. The molecule has 3 N–H and O–H groups in total. The van der Waals surface area contributed by atoms with E-state index < -0.39 is 5.97 Å². The van der Waals surface area contributed by atoms with Crippen molar-refractivity contribution in [3.63, 3.8) is 0 Å². The number of aliphatic carboxylic acids is 1. The number of nitrogens with zero attached hydrogens (tertiary/aromatic N) is 1. The molecule has 2 aromatic rings. The van der Waals surface area contributed by atoms with Crippen molar-refractivity contribution in [2.24, 2.45) is 11.8 Å². The molecular formula is C18H23N3O4. The standard InChI is InChI=1S/C18H23N3O4/c1-11(2)5-13(18(22)23)7-19-8-14-9-20-21-17(14)12-3-4-15-16(6-12)25-10-24-15/h3-4,6,9,11,13,19H,5,7-8,10H2,1-2H3,(H,20,21)(H,22,23). The van der Waals surface area contributed by atoms with Crippen LogP contribution in [-0.2, 0) is 11.3 Å². The van der Waals surface area contributed by atoms with Crippen molar-refractivity contribution in [2.45, 2.75) is 26.8 Å². The smallest absolute Gasteiger partial charge is 0.307 e. The highest BCUT2D eigenvalue weighted by atomic mass is 16.7. The Labute approximate surface area is 146 Å². The minimum atomic E-state index is -0.760. The van der Waals surface area contributed by atoms with Gasteiger partial charge in [0.05, 0.1) is 17.8 Å². The van der Waals surface area contributed by atoms with Gasteiger partial charge in [0.25, 0.3) is 0 Å². The minimum absolute atomic E-state index is 0.239. The van der Waals surface area contributed by atoms with Crippen LogP contribution in [0.15, 0.2) is 24.4 Å². The summed E-state index contributed by atoms with van der Waals surface area (Å²) in [6.07, 6.45) is 2.41. The first-order chi connectivity index (χ1) is 12.0. The van der Waals surface area contributed by atoms with Crippen molar-refractivity contribution in [3.05, 3.63) is 30.0 Å². The Balaban J connectivity index is 1.65. The van der Waals surface area contributed by atoms with Crippen LogP contribution in [0.2, 0.25) is 0 Å². The Morgan fingerprint density at radius 3 is 2.92 bits per heavy atom. The van der Waals surface area contributed by atoms with Gasteiger partial charge in [-0.3, -0.25) is 9.89 Å². The first-order valence-corrected chi connectivity index (χ1v) is 8.40. The predicted octanol–water partition coefficient (Wildman–Crippen LogP) is 2.64. The maximum atomic E-state index is 11.3. The van der Waals surface area contributed by atoms with Crippen molar-refractivity contribution < 1.29 is 19.4 Å². The zero-order chi connectivity index (χ0) is 17.8. The summed E-state index contributed by atoms with van der Waals surface area (Å²) >= 11 is 0. The first-order valence-electron chi connectivity index (χ1n) is 8.40. The third kappa shape index (κ3) is 4.11. The number of aromatic nitrogens is 2. The molecule has 1 unspecified atom stereocenters. The van der Waals surface area contributed by atoms with E-state index in [-0.39, 0.29) is 12.7 Å². The SMILES string of the molecule is CC(C)CC(CNCc1cn[nH]c1-c1ccc2c(c1)OCO2)C(=O)O. The molecule has 0 spiro atoms. The number of carboxylic acid groups (broad SMARTS) is 1. The number of fused-ring (bicyclic) bond motifs is 1. The minimum Gasteiger partial charge on any atom is -0.481 e. The van der Waals surface area contributed by atoms with Crippen LogP contribution in [0, 0.1) is 11.8 Å². The zero-order valence-electron chi connectivity index (χ0n) is 14.4. The monoisotopic (exact) mass is 345 g/mol. The predicted molar refractivity (Wildman–Crippen MR) is 92.4 cm³/mol. The summed E-state index contributed by atoms with van der Waals surface area (Å²) in [4.78, 5) is 11.3. The number of ether oxygens (including phenoxy) is 2. The van der Waals surface area contributed by atoms with Gasteiger partial charge in [-0.15, -0.1) is 0 Å². The van der Waals surface area contributed by atoms with E-state index in [2.05, 4.69) is 15.5 Å². The number of aromatic amines is 1. The molecule has 0 saturated heterocycles. The first kappa shape index (κ1) is 17.3. The normalized spacial score (nSPS) is 14.0. The Bertz CT molecular complexity index is 742. The maximum absolute atomic E-state index is 11.3. The van der Waals surface area contributed by atoms with Crippen LogP contribution in [-0.4, -0.2) is 34.6 Å². The average Bonchev–Trinajstić information content (AvgIpc) is 3.21. The number of hydrogen-bond acceptors (Lipinski definition) is 5. The number of benzene rings is 1. The summed E-state index contributed by atoms with van der Waals surface area (Å²) in [6, 6.07) is 5.74. The number of rotatable bonds is 8. The quantitative estimate of drug-likeness (QED) is 0.681. The van der Waals surface area contributed by atoms with E-state index >= 15 is 0 Å². The molecule has 0 saturated carbocycles. The molecule has 3 rings (SSSR count). The van der Waals surface area contributed by atoms with Gasteiger partial charge in [0.1, 0.15) is 0 Å². The Morgan fingerprint density at radius 1 is 1.36 bits per heavy atom. The van der Waals surface area contributed by atoms with E-state index in [1.54, 1.807) is 6.20 Å². The van der Waals surface area contributed by atoms with Crippen LogP contribution in [0.4, 0.5) is 0 Å². The van der Waals surface area contributed by atoms with Crippen molar-refractivity contribution in [1.29, 1.82) is 0 Å². The topological polar surface area (TPSA) is 96.5 Å². The van der Waals surface area contributed by atoms with Crippen molar-refractivity contribution in [1.82, 2.24) is 15.5 Å². The van der Waals surface area contributed by atoms with Crippen molar-refractivity contribution in [3.8, 4) is 22.8 Å². The number of carboxylic acids is 1. The second-order valence-electron chi connectivity index (χ2n) is 6.63. The van der Waals surface area contributed by atoms with Gasteiger partial charge in [-0.1, -0.05) is 13.8 Å². The molecule has 1 aliphatic heterocycles. The number of carbonyl (C=O) groups is 1. The molecule has 0 fully saturated rings. The molecule has 134 valence electrons. The van der Waals surface area contributed by atoms with Gasteiger partial charge in [0.2, 0.25) is 6.79 Å². The molecule has 0 bridgehead atoms. The molecule has 2 heterocycles. The van der Waals surface area contributed by atoms with Gasteiger partial charge < -0.3 is 19.9 Å². The van der Waals surface area contributed by atoms with Gasteiger partial charge in [0, 0.05) is 24.2 Å². The lowest BCUT2D eigenvalue weighted by atomic mass is 9.97. The fourth-order valence-electron chi connectivity index (χ4n) is 2.97. The van der Waals surface area contributed by atoms with Crippen LogP contribution in [0.1, 0.15) is 25.8 Å². The van der Waals surface area contributed by atoms with Crippen molar-refractivity contribution >= 4 is 5.97 Å². The fraction of sp³-hybridized carbons (Fsp3) is 0.444. The van der Waals surface area contributed by atoms with Crippen LogP contribution in [0.5, 0.6) is 11.5 Å². The number of H-pyrrole nitrogens is 1. The van der Waals surface area contributed by atoms with Gasteiger partial charge in [0.15, 0.2) is 11.5 Å². The van der Waals surface area contributed by atoms with Crippen LogP contribution >= 0.6 is 0 Å². The summed E-state index contributed by atoms with van der Waals surface area (Å²) < 4.78 is 10.7. The molecule has 1 aliphatic rings. The highest BCUT2D eigenvalue weighted by molar-refractivity contribution is 5.70. The third-order valence-electron chi connectivity index (χ3n) is 4.19. The molecule has 1 aromatic carbocycles. The van der Waals surface area contributed by atoms with E-state index in [1.807, 2.05) is 32.0 Å². The molecule has 1 aromatic heterocycles. The van der Waals surface area contributed by atoms with Gasteiger partial charge in [-0.2, -0.15) is 5.10 Å². The Hall–Kier alpha value is -2.54. The Kier molecular flexibility index (Phi) is 5.23. The number of nitrogens with one attached hydrogen (secondary N) is 2. The largest absolute Gasteiger partial charge is 0.481 e. The summed E-state index contributed by atoms with van der Waals surface area (Å²) in [5.74, 6) is 0.654. The fourth-order valence-corrected chi connectivity index (χ4v) is 2.97. The van der Waals surface area contributed by atoms with E-state index in [0.29, 0.717) is 31.2 Å². The highest BCUT2D eigenvalue weighted by Gasteiger charge is 2.19. The molecule has 7 heteroatoms. The van der Waals surface area contributed by atoms with E-state index in [1.165, 1.54) is 0 Å². The van der Waals surface area contributed by atoms with E-state index in [9.17, 15) is 9.90 Å². The summed E-state index contributed by atoms with van der Waals surface area (Å²) in [6.45, 7) is 5.28. The lowest BCUT2D eigenvalue weighted by Crippen LogP contribution is -2.29. The van der Waals surface area contributed by atoms with Gasteiger partial charge >= 0.3 is 5.97 Å².